The molecule has 0 amide bonds. The number of allylic oxidation sites excluding steroid dienone is 2. The van der Waals surface area contributed by atoms with Crippen molar-refractivity contribution in [1.29, 1.82) is 0 Å². The van der Waals surface area contributed by atoms with E-state index in [0.717, 1.165) is 0 Å². The molecule has 2 atom stereocenters. The van der Waals surface area contributed by atoms with E-state index in [9.17, 15) is 0 Å². The van der Waals surface area contributed by atoms with Gasteiger partial charge in [0, 0.05) is 0 Å². The molecule has 0 radical (unpaired) electrons. The van der Waals surface area contributed by atoms with Crippen LogP contribution in [0.15, 0.2) is 83.9 Å². The van der Waals surface area contributed by atoms with Crippen molar-refractivity contribution in [3.8, 4) is 22.3 Å². The van der Waals surface area contributed by atoms with E-state index in [2.05, 4.69) is 140 Å². The first-order valence-corrected chi connectivity index (χ1v) is 31.5. The number of halogens is 2. The zero-order chi connectivity index (χ0) is 30.2. The topological polar surface area (TPSA) is 0 Å². The van der Waals surface area contributed by atoms with Gasteiger partial charge in [-0.05, 0) is 0 Å². The van der Waals surface area contributed by atoms with Crippen LogP contribution < -0.4 is 0 Å². The second-order valence-corrected chi connectivity index (χ2v) is 55.7. The van der Waals surface area contributed by atoms with Gasteiger partial charge >= 0.3 is 263 Å². The van der Waals surface area contributed by atoms with Crippen molar-refractivity contribution in [2.24, 2.45) is 0 Å². The van der Waals surface area contributed by atoms with Crippen LogP contribution >= 0.6 is 17.0 Å². The first kappa shape index (κ1) is 30.1. The minimum atomic E-state index is -4.72. The summed E-state index contributed by atoms with van der Waals surface area (Å²) in [7, 11) is 17.0. The van der Waals surface area contributed by atoms with Crippen LogP contribution in [0, 0.1) is 27.7 Å². The fraction of sp³-hybridized carbons (Fsp3) is 0.263. The first-order valence-electron chi connectivity index (χ1n) is 15.2. The summed E-state index contributed by atoms with van der Waals surface area (Å²) in [5, 5.41) is 0. The van der Waals surface area contributed by atoms with Gasteiger partial charge < -0.3 is 0 Å². The van der Waals surface area contributed by atoms with E-state index >= 15 is 0 Å². The van der Waals surface area contributed by atoms with Crippen LogP contribution in [0.1, 0.15) is 65.6 Å². The second kappa shape index (κ2) is 10.6. The molecule has 4 heteroatoms. The molecule has 2 unspecified atom stereocenters. The Hall–Kier alpha value is -1.96. The molecule has 0 bridgehead atoms. The van der Waals surface area contributed by atoms with Gasteiger partial charge in [-0.1, -0.05) is 0 Å². The Morgan fingerprint density at radius 1 is 0.524 bits per heavy atom. The fourth-order valence-electron chi connectivity index (χ4n) is 8.14. The molecule has 0 fully saturated rings. The van der Waals surface area contributed by atoms with E-state index in [1.807, 2.05) is 0 Å². The Labute approximate surface area is 261 Å². The zero-order valence-corrected chi connectivity index (χ0v) is 31.2. The van der Waals surface area contributed by atoms with E-state index in [0.29, 0.717) is 0 Å². The number of aryl methyl sites for hydroxylation is 4. The van der Waals surface area contributed by atoms with Gasteiger partial charge in [0.15, 0.2) is 0 Å². The van der Waals surface area contributed by atoms with E-state index in [-0.39, 0.29) is 7.25 Å². The standard InChI is InChI=1S/2C18H17.C2H7Si.2ClH.Zr/c2*1-12-10-15-9-8-14(3)18(17(15)11-12)16-7-5-4-6-13(16)2;1-3-2;;;/h2*4-11H,1-3H3;3H,1-2H3;2*1H;/q;;;;;+2/p-2. The molecule has 0 aromatic heterocycles. The SMILES string of the molecule is CC1=Cc2c(ccc(C)c2-c2ccccc2C)[CH]1[Zr]([Cl])([Cl])([CH]1C(C)=Cc2c1ccc(C)c2-c1ccccc1C)[SiH](C)C. The Morgan fingerprint density at radius 2 is 0.905 bits per heavy atom. The van der Waals surface area contributed by atoms with E-state index in [1.54, 1.807) is 0 Å². The summed E-state index contributed by atoms with van der Waals surface area (Å²) in [5.41, 5.74) is 18.5. The van der Waals surface area contributed by atoms with Gasteiger partial charge in [-0.25, -0.2) is 0 Å². The molecule has 4 aromatic rings. The number of fused-ring (bicyclic) bond motifs is 2. The van der Waals surface area contributed by atoms with Gasteiger partial charge in [-0.3, -0.25) is 0 Å². The van der Waals surface area contributed by atoms with Gasteiger partial charge in [0.1, 0.15) is 0 Å². The van der Waals surface area contributed by atoms with Crippen molar-refractivity contribution >= 4 is 35.1 Å². The van der Waals surface area contributed by atoms with E-state index in [4.69, 9.17) is 17.0 Å². The Kier molecular flexibility index (Phi) is 7.58. The number of rotatable bonds is 5. The van der Waals surface area contributed by atoms with Crippen LogP contribution in [-0.4, -0.2) is 5.92 Å². The Morgan fingerprint density at radius 3 is 1.26 bits per heavy atom. The molecule has 2 aliphatic rings. The van der Waals surface area contributed by atoms with Crippen molar-refractivity contribution in [3.05, 3.63) is 128 Å². The number of hydrogen-bond acceptors (Lipinski definition) is 0. The minimum absolute atomic E-state index is 0.0994. The van der Waals surface area contributed by atoms with Gasteiger partial charge in [0.2, 0.25) is 0 Å². The monoisotopic (exact) mass is 685 g/mol. The molecule has 0 saturated carbocycles. The summed E-state index contributed by atoms with van der Waals surface area (Å²) in [5.74, 6) is -1.58. The van der Waals surface area contributed by atoms with E-state index < -0.39 is 21.5 Å². The molecule has 0 nitrogen and oxygen atoms in total. The summed E-state index contributed by atoms with van der Waals surface area (Å²) in [4.78, 5) is 0. The van der Waals surface area contributed by atoms with Crippen LogP contribution in [0.2, 0.25) is 13.1 Å². The first-order chi connectivity index (χ1) is 19.9. The van der Waals surface area contributed by atoms with Crippen molar-refractivity contribution in [3.63, 3.8) is 0 Å². The quantitative estimate of drug-likeness (QED) is 0.183. The van der Waals surface area contributed by atoms with Crippen LogP contribution in [-0.2, 0) is 15.6 Å². The predicted molar refractivity (Wildman–Crippen MR) is 186 cm³/mol. The summed E-state index contributed by atoms with van der Waals surface area (Å²) in [6.45, 7) is 18.3. The summed E-state index contributed by atoms with van der Waals surface area (Å²) >= 11 is -4.72. The van der Waals surface area contributed by atoms with Crippen LogP contribution in [0.3, 0.4) is 0 Å². The Bertz CT molecular complexity index is 1700. The zero-order valence-electron chi connectivity index (χ0n) is 26.1. The molecule has 2 aliphatic carbocycles. The maximum absolute atomic E-state index is 8.48. The van der Waals surface area contributed by atoms with Crippen LogP contribution in [0.4, 0.5) is 0 Å². The fourth-order valence-corrected chi connectivity index (χ4v) is 41.1. The van der Waals surface area contributed by atoms with Gasteiger partial charge in [-0.15, -0.1) is 0 Å². The van der Waals surface area contributed by atoms with Crippen LogP contribution in [0.5, 0.6) is 0 Å². The van der Waals surface area contributed by atoms with Crippen molar-refractivity contribution in [1.82, 2.24) is 0 Å². The second-order valence-electron chi connectivity index (χ2n) is 13.2. The normalized spacial score (nSPS) is 18.8. The maximum atomic E-state index is 8.48. The van der Waals surface area contributed by atoms with Crippen LogP contribution in [0.25, 0.3) is 34.4 Å². The third-order valence-electron chi connectivity index (χ3n) is 10.3. The molecule has 0 N–H and O–H groups in total. The van der Waals surface area contributed by atoms with Crippen molar-refractivity contribution in [2.45, 2.75) is 61.9 Å². The third-order valence-corrected chi connectivity index (χ3v) is 62.6. The third kappa shape index (κ3) is 4.31. The molecule has 6 rings (SSSR count). The summed E-state index contributed by atoms with van der Waals surface area (Å²) < 4.78 is 0.199. The molecular weight excluding hydrogens is 647 g/mol. The average molecular weight is 688 g/mol. The summed E-state index contributed by atoms with van der Waals surface area (Å²) in [6, 6.07) is 26.8. The Balaban J connectivity index is 1.60. The van der Waals surface area contributed by atoms with Gasteiger partial charge in [0.05, 0.1) is 0 Å². The van der Waals surface area contributed by atoms with Crippen molar-refractivity contribution in [2.75, 3.05) is 0 Å². The van der Waals surface area contributed by atoms with Gasteiger partial charge in [0.25, 0.3) is 0 Å². The predicted octanol–water partition coefficient (Wildman–Crippen LogP) is 11.9. The molecular formula is C38H41Cl2SiZr. The van der Waals surface area contributed by atoms with E-state index in [1.165, 1.54) is 77.9 Å². The summed E-state index contributed by atoms with van der Waals surface area (Å²) in [6.07, 6.45) is 4.85. The molecule has 0 saturated heterocycles. The van der Waals surface area contributed by atoms with Gasteiger partial charge in [-0.2, -0.15) is 0 Å². The number of hydrogen-bond donors (Lipinski definition) is 0. The average Bonchev–Trinajstić information content (AvgIpc) is 3.46. The number of benzene rings is 4. The molecule has 4 aromatic carbocycles. The molecule has 0 aliphatic heterocycles. The molecule has 215 valence electrons. The molecule has 0 spiro atoms. The molecule has 0 heterocycles. The molecule has 42 heavy (non-hydrogen) atoms. The van der Waals surface area contributed by atoms with Crippen molar-refractivity contribution < 1.29 is 15.6 Å².